The summed E-state index contributed by atoms with van der Waals surface area (Å²) in [5.41, 5.74) is 3.89. The highest BCUT2D eigenvalue weighted by molar-refractivity contribution is 9.10. The molecule has 1 aliphatic carbocycles. The SMILES string of the molecule is COC(=O)C1=C(C)NC2=C(C(=O)C[C@H](c3ccccc3OC)C2)[C@@H]1c1ccc(F)c(Br)c1. The molecule has 0 saturated heterocycles. The Morgan fingerprint density at radius 3 is 2.59 bits per heavy atom. The second kappa shape index (κ2) is 8.90. The Hall–Kier alpha value is -2.93. The van der Waals surface area contributed by atoms with E-state index in [4.69, 9.17) is 9.47 Å². The van der Waals surface area contributed by atoms with Gasteiger partial charge in [0.05, 0.1) is 24.3 Å². The van der Waals surface area contributed by atoms with E-state index in [1.807, 2.05) is 24.3 Å². The molecule has 32 heavy (non-hydrogen) atoms. The molecule has 0 unspecified atom stereocenters. The number of ether oxygens (including phenoxy) is 2. The van der Waals surface area contributed by atoms with Crippen LogP contribution in [0.2, 0.25) is 0 Å². The number of halogens is 2. The summed E-state index contributed by atoms with van der Waals surface area (Å²) < 4.78 is 24.7. The smallest absolute Gasteiger partial charge is 0.336 e. The van der Waals surface area contributed by atoms with E-state index in [9.17, 15) is 14.0 Å². The number of Topliss-reactive ketones (excluding diaryl/α,β-unsaturated/α-hetero) is 1. The van der Waals surface area contributed by atoms with Gasteiger partial charge in [-0.05, 0) is 58.6 Å². The standard InChI is InChI=1S/C25H23BrFNO4/c1-13-22(25(30)32-3)23(14-8-9-18(27)17(26)10-14)24-19(28-13)11-15(12-20(24)29)16-6-4-5-7-21(16)31-2/h4-10,15,23,28H,11-12H2,1-3H3/t15-,23-/m1/s1. The quantitative estimate of drug-likeness (QED) is 0.590. The number of ketones is 1. The van der Waals surface area contributed by atoms with Crippen LogP contribution < -0.4 is 10.1 Å². The first-order valence-electron chi connectivity index (χ1n) is 10.3. The summed E-state index contributed by atoms with van der Waals surface area (Å²) in [6.07, 6.45) is 0.874. The Morgan fingerprint density at radius 2 is 1.91 bits per heavy atom. The first-order chi connectivity index (χ1) is 15.3. The predicted octanol–water partition coefficient (Wildman–Crippen LogP) is 5.13. The van der Waals surface area contributed by atoms with E-state index >= 15 is 0 Å². The molecular weight excluding hydrogens is 477 g/mol. The van der Waals surface area contributed by atoms with Crippen molar-refractivity contribution in [3.63, 3.8) is 0 Å². The number of dihydropyridines is 1. The molecule has 5 nitrogen and oxygen atoms in total. The molecule has 2 aromatic carbocycles. The van der Waals surface area contributed by atoms with E-state index < -0.39 is 17.7 Å². The Balaban J connectivity index is 1.83. The number of carbonyl (C=O) groups excluding carboxylic acids is 2. The van der Waals surface area contributed by atoms with Gasteiger partial charge in [0.2, 0.25) is 0 Å². The Morgan fingerprint density at radius 1 is 1.16 bits per heavy atom. The van der Waals surface area contributed by atoms with Crippen LogP contribution in [0, 0.1) is 5.82 Å². The van der Waals surface area contributed by atoms with Crippen LogP contribution in [-0.2, 0) is 14.3 Å². The van der Waals surface area contributed by atoms with Gasteiger partial charge in [0.1, 0.15) is 11.6 Å². The second-order valence-electron chi connectivity index (χ2n) is 7.92. The third kappa shape index (κ3) is 3.86. The molecule has 0 amide bonds. The van der Waals surface area contributed by atoms with Gasteiger partial charge in [0, 0.05) is 35.2 Å². The highest BCUT2D eigenvalue weighted by Crippen LogP contribution is 2.47. The maximum atomic E-state index is 13.9. The number of carbonyl (C=O) groups is 2. The molecule has 0 spiro atoms. The number of esters is 1. The Labute approximate surface area is 194 Å². The predicted molar refractivity (Wildman–Crippen MR) is 122 cm³/mol. The van der Waals surface area contributed by atoms with E-state index in [-0.39, 0.29) is 22.6 Å². The average molecular weight is 500 g/mol. The van der Waals surface area contributed by atoms with Crippen molar-refractivity contribution in [1.82, 2.24) is 5.32 Å². The van der Waals surface area contributed by atoms with E-state index in [1.165, 1.54) is 13.2 Å². The lowest BCUT2D eigenvalue weighted by molar-refractivity contribution is -0.136. The van der Waals surface area contributed by atoms with Gasteiger partial charge in [-0.3, -0.25) is 4.79 Å². The summed E-state index contributed by atoms with van der Waals surface area (Å²) in [5, 5.41) is 3.29. The van der Waals surface area contributed by atoms with Crippen molar-refractivity contribution in [2.24, 2.45) is 0 Å². The Kier molecular flexibility index (Phi) is 6.20. The summed E-state index contributed by atoms with van der Waals surface area (Å²) >= 11 is 3.22. The molecule has 0 bridgehead atoms. The molecule has 0 saturated carbocycles. The zero-order valence-corrected chi connectivity index (χ0v) is 19.6. The number of hydrogen-bond donors (Lipinski definition) is 1. The third-order valence-corrected chi connectivity index (χ3v) is 6.70. The molecule has 0 aromatic heterocycles. The lowest BCUT2D eigenvalue weighted by Crippen LogP contribution is -2.36. The van der Waals surface area contributed by atoms with E-state index in [0.717, 1.165) is 17.0 Å². The first-order valence-corrected chi connectivity index (χ1v) is 11.0. The van der Waals surface area contributed by atoms with Gasteiger partial charge in [-0.2, -0.15) is 0 Å². The maximum absolute atomic E-state index is 13.9. The van der Waals surface area contributed by atoms with Crippen LogP contribution in [0.1, 0.15) is 42.7 Å². The summed E-state index contributed by atoms with van der Waals surface area (Å²) in [6, 6.07) is 12.2. The highest BCUT2D eigenvalue weighted by Gasteiger charge is 2.41. The topological polar surface area (TPSA) is 64.6 Å². The van der Waals surface area contributed by atoms with Crippen molar-refractivity contribution in [3.8, 4) is 5.75 Å². The molecule has 4 rings (SSSR count). The molecule has 2 aromatic rings. The van der Waals surface area contributed by atoms with Crippen LogP contribution in [-0.4, -0.2) is 26.0 Å². The molecule has 166 valence electrons. The van der Waals surface area contributed by atoms with Crippen LogP contribution in [0.25, 0.3) is 0 Å². The van der Waals surface area contributed by atoms with Gasteiger partial charge in [0.15, 0.2) is 5.78 Å². The minimum absolute atomic E-state index is 0.0574. The normalized spacial score (nSPS) is 20.6. The first kappa shape index (κ1) is 22.3. The fraction of sp³-hybridized carbons (Fsp3) is 0.280. The average Bonchev–Trinajstić information content (AvgIpc) is 2.79. The van der Waals surface area contributed by atoms with Crippen LogP contribution >= 0.6 is 15.9 Å². The summed E-state index contributed by atoms with van der Waals surface area (Å²) in [7, 11) is 2.93. The minimum atomic E-state index is -0.637. The molecule has 2 aliphatic rings. The molecule has 7 heteroatoms. The van der Waals surface area contributed by atoms with Gasteiger partial charge in [-0.15, -0.1) is 0 Å². The molecule has 1 aliphatic heterocycles. The van der Waals surface area contributed by atoms with E-state index in [2.05, 4.69) is 21.2 Å². The number of benzene rings is 2. The fourth-order valence-electron chi connectivity index (χ4n) is 4.67. The number of methoxy groups -OCH3 is 2. The molecule has 0 fully saturated rings. The zero-order chi connectivity index (χ0) is 23.0. The van der Waals surface area contributed by atoms with Gasteiger partial charge in [0.25, 0.3) is 0 Å². The summed E-state index contributed by atoms with van der Waals surface area (Å²) in [4.78, 5) is 26.2. The van der Waals surface area contributed by atoms with Crippen molar-refractivity contribution in [2.45, 2.75) is 31.6 Å². The molecule has 2 atom stereocenters. The van der Waals surface area contributed by atoms with E-state index in [0.29, 0.717) is 28.8 Å². The van der Waals surface area contributed by atoms with E-state index in [1.54, 1.807) is 26.2 Å². The van der Waals surface area contributed by atoms with Gasteiger partial charge in [-0.25, -0.2) is 9.18 Å². The van der Waals surface area contributed by atoms with Crippen LogP contribution in [0.3, 0.4) is 0 Å². The van der Waals surface area contributed by atoms with Gasteiger partial charge >= 0.3 is 5.97 Å². The van der Waals surface area contributed by atoms with Crippen molar-refractivity contribution >= 4 is 27.7 Å². The number of nitrogens with one attached hydrogen (secondary N) is 1. The molecule has 1 N–H and O–H groups in total. The van der Waals surface area contributed by atoms with Gasteiger partial charge in [-0.1, -0.05) is 24.3 Å². The number of allylic oxidation sites excluding steroid dienone is 3. The van der Waals surface area contributed by atoms with Crippen molar-refractivity contribution < 1.29 is 23.5 Å². The number of rotatable bonds is 4. The highest BCUT2D eigenvalue weighted by atomic mass is 79.9. The maximum Gasteiger partial charge on any atom is 0.336 e. The van der Waals surface area contributed by atoms with Crippen molar-refractivity contribution in [3.05, 3.63) is 86.4 Å². The summed E-state index contributed by atoms with van der Waals surface area (Å²) in [5.74, 6) is -0.949. The monoisotopic (exact) mass is 499 g/mol. The fourth-order valence-corrected chi connectivity index (χ4v) is 5.06. The summed E-state index contributed by atoms with van der Waals surface area (Å²) in [6.45, 7) is 1.79. The molecular formula is C25H23BrFNO4. The van der Waals surface area contributed by atoms with Crippen LogP contribution in [0.4, 0.5) is 4.39 Å². The minimum Gasteiger partial charge on any atom is -0.496 e. The van der Waals surface area contributed by atoms with Crippen molar-refractivity contribution in [1.29, 1.82) is 0 Å². The van der Waals surface area contributed by atoms with Crippen LogP contribution in [0.5, 0.6) is 5.75 Å². The van der Waals surface area contributed by atoms with Gasteiger partial charge < -0.3 is 14.8 Å². The largest absolute Gasteiger partial charge is 0.496 e. The van der Waals surface area contributed by atoms with Crippen LogP contribution in [0.15, 0.2) is 69.5 Å². The lowest BCUT2D eigenvalue weighted by Gasteiger charge is -2.36. The number of para-hydroxylation sites is 1. The molecule has 0 radical (unpaired) electrons. The van der Waals surface area contributed by atoms with Crippen molar-refractivity contribution in [2.75, 3.05) is 14.2 Å². The lowest BCUT2D eigenvalue weighted by atomic mass is 9.71. The third-order valence-electron chi connectivity index (χ3n) is 6.09. The molecule has 1 heterocycles. The Bertz CT molecular complexity index is 1170. The number of hydrogen-bond acceptors (Lipinski definition) is 5. The second-order valence-corrected chi connectivity index (χ2v) is 8.78. The zero-order valence-electron chi connectivity index (χ0n) is 18.0.